The molecule has 1 rings (SSSR count). The molecule has 0 saturated heterocycles. The van der Waals surface area contributed by atoms with Crippen molar-refractivity contribution >= 4 is 11.9 Å². The lowest BCUT2D eigenvalue weighted by molar-refractivity contribution is -0.138. The van der Waals surface area contributed by atoms with Gasteiger partial charge >= 0.3 is 5.97 Å². The Bertz CT molecular complexity index is 559. The van der Waals surface area contributed by atoms with Gasteiger partial charge < -0.3 is 20.3 Å². The molecule has 138 valence electrons. The molecular formula is C18H26N2O5. The standard InChI is InChI=1S/C18H26N2O5/c1-3-4-5-6-7-14(12-21)18(24)20-15(10-17(22)23)13-8-9-16(25-2)19-11-13/h3,8-9,11,14-15,21H,1,4-7,10,12H2,2H3,(H,20,24)(H,22,23). The van der Waals surface area contributed by atoms with Gasteiger partial charge in [-0.15, -0.1) is 6.58 Å². The maximum atomic E-state index is 12.4. The molecule has 0 fully saturated rings. The minimum atomic E-state index is -1.03. The monoisotopic (exact) mass is 350 g/mol. The summed E-state index contributed by atoms with van der Waals surface area (Å²) in [7, 11) is 1.48. The van der Waals surface area contributed by atoms with Crippen LogP contribution < -0.4 is 10.1 Å². The Morgan fingerprint density at radius 1 is 1.40 bits per heavy atom. The molecule has 7 heteroatoms. The number of carboxylic acids is 1. The molecule has 0 aliphatic heterocycles. The van der Waals surface area contributed by atoms with Crippen molar-refractivity contribution in [2.24, 2.45) is 5.92 Å². The van der Waals surface area contributed by atoms with Crippen LogP contribution in [-0.4, -0.2) is 40.8 Å². The molecule has 1 heterocycles. The van der Waals surface area contributed by atoms with Crippen LogP contribution in [0.4, 0.5) is 0 Å². The van der Waals surface area contributed by atoms with Crippen LogP contribution in [0.5, 0.6) is 5.88 Å². The van der Waals surface area contributed by atoms with Gasteiger partial charge in [-0.05, 0) is 24.8 Å². The SMILES string of the molecule is C=CCCCCC(CO)C(=O)NC(CC(=O)O)c1ccc(OC)nc1. The van der Waals surface area contributed by atoms with Crippen molar-refractivity contribution in [1.82, 2.24) is 10.3 Å². The number of aliphatic hydroxyl groups is 1. The van der Waals surface area contributed by atoms with Crippen molar-refractivity contribution in [2.75, 3.05) is 13.7 Å². The highest BCUT2D eigenvalue weighted by atomic mass is 16.5. The molecule has 1 amide bonds. The highest BCUT2D eigenvalue weighted by molar-refractivity contribution is 5.80. The number of unbranched alkanes of at least 4 members (excludes halogenated alkanes) is 2. The van der Waals surface area contributed by atoms with Crippen LogP contribution in [0.3, 0.4) is 0 Å². The van der Waals surface area contributed by atoms with Crippen molar-refractivity contribution in [3.05, 3.63) is 36.5 Å². The zero-order valence-corrected chi connectivity index (χ0v) is 14.5. The third-order valence-corrected chi connectivity index (χ3v) is 3.87. The molecule has 0 radical (unpaired) electrons. The normalized spacial score (nSPS) is 12.9. The van der Waals surface area contributed by atoms with E-state index >= 15 is 0 Å². The number of carbonyl (C=O) groups is 2. The number of methoxy groups -OCH3 is 1. The number of hydrogen-bond donors (Lipinski definition) is 3. The van der Waals surface area contributed by atoms with E-state index in [0.717, 1.165) is 19.3 Å². The molecule has 1 aromatic heterocycles. The summed E-state index contributed by atoms with van der Waals surface area (Å²) in [5.41, 5.74) is 0.569. The van der Waals surface area contributed by atoms with E-state index in [9.17, 15) is 14.7 Å². The van der Waals surface area contributed by atoms with Crippen LogP contribution in [-0.2, 0) is 9.59 Å². The second kappa shape index (κ2) is 11.2. The Morgan fingerprint density at radius 2 is 2.16 bits per heavy atom. The number of allylic oxidation sites excluding steroid dienone is 1. The zero-order valence-electron chi connectivity index (χ0n) is 14.5. The second-order valence-electron chi connectivity index (χ2n) is 5.75. The van der Waals surface area contributed by atoms with Crippen molar-refractivity contribution in [3.63, 3.8) is 0 Å². The fraction of sp³-hybridized carbons (Fsp3) is 0.500. The van der Waals surface area contributed by atoms with Gasteiger partial charge in [0.15, 0.2) is 0 Å². The molecular weight excluding hydrogens is 324 g/mol. The lowest BCUT2D eigenvalue weighted by Crippen LogP contribution is -2.36. The molecule has 25 heavy (non-hydrogen) atoms. The Balaban J connectivity index is 2.75. The number of amides is 1. The van der Waals surface area contributed by atoms with Crippen LogP contribution >= 0.6 is 0 Å². The summed E-state index contributed by atoms with van der Waals surface area (Å²) in [6.45, 7) is 3.37. The molecule has 3 N–H and O–H groups in total. The number of aliphatic carboxylic acids is 1. The van der Waals surface area contributed by atoms with Crippen LogP contribution in [0.15, 0.2) is 31.0 Å². The first-order valence-electron chi connectivity index (χ1n) is 8.25. The van der Waals surface area contributed by atoms with Gasteiger partial charge in [-0.1, -0.05) is 18.6 Å². The summed E-state index contributed by atoms with van der Waals surface area (Å²) in [6.07, 6.45) is 6.11. The maximum absolute atomic E-state index is 12.4. The molecule has 2 atom stereocenters. The fourth-order valence-corrected chi connectivity index (χ4v) is 2.42. The molecule has 0 aromatic carbocycles. The molecule has 1 aromatic rings. The van der Waals surface area contributed by atoms with E-state index < -0.39 is 17.9 Å². The van der Waals surface area contributed by atoms with Crippen molar-refractivity contribution in [3.8, 4) is 5.88 Å². The predicted octanol–water partition coefficient (Wildman–Crippen LogP) is 2.08. The number of rotatable bonds is 12. The number of carboxylic acid groups (broad SMARTS) is 1. The Morgan fingerprint density at radius 3 is 2.68 bits per heavy atom. The van der Waals surface area contributed by atoms with Gasteiger partial charge in [0.2, 0.25) is 11.8 Å². The molecule has 0 spiro atoms. The highest BCUT2D eigenvalue weighted by Gasteiger charge is 2.23. The Labute approximate surface area is 147 Å². The van der Waals surface area contributed by atoms with Gasteiger partial charge in [0.1, 0.15) is 0 Å². The summed E-state index contributed by atoms with van der Waals surface area (Å²) < 4.78 is 4.98. The first kappa shape index (κ1) is 20.6. The van der Waals surface area contributed by atoms with E-state index in [4.69, 9.17) is 9.84 Å². The summed E-state index contributed by atoms with van der Waals surface area (Å²) in [6, 6.07) is 2.55. The van der Waals surface area contributed by atoms with Crippen LogP contribution in [0.25, 0.3) is 0 Å². The summed E-state index contributed by atoms with van der Waals surface area (Å²) >= 11 is 0. The van der Waals surface area contributed by atoms with E-state index in [1.807, 2.05) is 6.08 Å². The molecule has 0 aliphatic rings. The van der Waals surface area contributed by atoms with Crippen LogP contribution in [0, 0.1) is 5.92 Å². The second-order valence-corrected chi connectivity index (χ2v) is 5.75. The smallest absolute Gasteiger partial charge is 0.305 e. The van der Waals surface area contributed by atoms with Gasteiger partial charge in [0.25, 0.3) is 0 Å². The lowest BCUT2D eigenvalue weighted by atomic mass is 9.99. The number of nitrogens with zero attached hydrogens (tertiary/aromatic N) is 1. The molecule has 0 saturated carbocycles. The average molecular weight is 350 g/mol. The van der Waals surface area contributed by atoms with Gasteiger partial charge in [-0.2, -0.15) is 0 Å². The zero-order chi connectivity index (χ0) is 18.7. The van der Waals surface area contributed by atoms with Crippen molar-refractivity contribution in [2.45, 2.75) is 38.1 Å². The number of aromatic nitrogens is 1. The van der Waals surface area contributed by atoms with E-state index in [1.165, 1.54) is 13.3 Å². The molecule has 2 unspecified atom stereocenters. The molecule has 7 nitrogen and oxygen atoms in total. The quantitative estimate of drug-likeness (QED) is 0.393. The van der Waals surface area contributed by atoms with E-state index in [0.29, 0.717) is 17.9 Å². The van der Waals surface area contributed by atoms with Gasteiger partial charge in [0, 0.05) is 12.3 Å². The minimum absolute atomic E-state index is 0.269. The van der Waals surface area contributed by atoms with E-state index in [-0.39, 0.29) is 18.9 Å². The third kappa shape index (κ3) is 7.34. The largest absolute Gasteiger partial charge is 0.481 e. The number of nitrogens with one attached hydrogen (secondary N) is 1. The summed E-state index contributed by atoms with van der Waals surface area (Å²) in [5.74, 6) is -1.55. The predicted molar refractivity (Wildman–Crippen MR) is 93.2 cm³/mol. The molecule has 0 bridgehead atoms. The van der Waals surface area contributed by atoms with Gasteiger partial charge in [-0.3, -0.25) is 9.59 Å². The highest BCUT2D eigenvalue weighted by Crippen LogP contribution is 2.20. The fourth-order valence-electron chi connectivity index (χ4n) is 2.42. The van der Waals surface area contributed by atoms with Crippen molar-refractivity contribution in [1.29, 1.82) is 0 Å². The minimum Gasteiger partial charge on any atom is -0.481 e. The van der Waals surface area contributed by atoms with E-state index in [2.05, 4.69) is 16.9 Å². The average Bonchev–Trinajstić information content (AvgIpc) is 2.61. The number of aliphatic hydroxyl groups excluding tert-OH is 1. The van der Waals surface area contributed by atoms with Gasteiger partial charge in [0.05, 0.1) is 32.1 Å². The summed E-state index contributed by atoms with van der Waals surface area (Å²) in [5, 5.41) is 21.3. The third-order valence-electron chi connectivity index (χ3n) is 3.87. The first-order chi connectivity index (χ1) is 12.0. The topological polar surface area (TPSA) is 109 Å². The van der Waals surface area contributed by atoms with Crippen molar-refractivity contribution < 1.29 is 24.5 Å². The number of pyridine rings is 1. The molecule has 0 aliphatic carbocycles. The van der Waals surface area contributed by atoms with Crippen LogP contribution in [0.2, 0.25) is 0 Å². The number of hydrogen-bond acceptors (Lipinski definition) is 5. The van der Waals surface area contributed by atoms with E-state index in [1.54, 1.807) is 12.1 Å². The lowest BCUT2D eigenvalue weighted by Gasteiger charge is -2.21. The summed E-state index contributed by atoms with van der Waals surface area (Å²) in [4.78, 5) is 27.6. The van der Waals surface area contributed by atoms with Crippen LogP contribution in [0.1, 0.15) is 43.7 Å². The maximum Gasteiger partial charge on any atom is 0.305 e. The number of carbonyl (C=O) groups excluding carboxylic acids is 1. The first-order valence-corrected chi connectivity index (χ1v) is 8.25. The van der Waals surface area contributed by atoms with Gasteiger partial charge in [-0.25, -0.2) is 4.98 Å². The number of ether oxygens (including phenoxy) is 1. The Kier molecular flexibility index (Phi) is 9.24. The Hall–Kier alpha value is -2.41.